The lowest BCUT2D eigenvalue weighted by atomic mass is 10.3. The summed E-state index contributed by atoms with van der Waals surface area (Å²) in [6.45, 7) is 2.72. The van der Waals surface area contributed by atoms with Crippen LogP contribution >= 0.6 is 23.1 Å². The lowest BCUT2D eigenvalue weighted by molar-refractivity contribution is 0.102. The van der Waals surface area contributed by atoms with Crippen molar-refractivity contribution < 1.29 is 4.79 Å². The molecule has 1 aromatic carbocycles. The Hall–Kier alpha value is -1.86. The fourth-order valence-corrected chi connectivity index (χ4v) is 3.48. The molecule has 3 aromatic rings. The maximum atomic E-state index is 12.1. The summed E-state index contributed by atoms with van der Waals surface area (Å²) in [4.78, 5) is 17.8. The van der Waals surface area contributed by atoms with Gasteiger partial charge in [-0.3, -0.25) is 14.8 Å². The number of benzene rings is 1. The third kappa shape index (κ3) is 2.79. The first-order valence-electron chi connectivity index (χ1n) is 6.49. The van der Waals surface area contributed by atoms with Crippen molar-refractivity contribution in [3.63, 3.8) is 0 Å². The molecule has 0 aliphatic rings. The maximum Gasteiger partial charge on any atom is 0.277 e. The van der Waals surface area contributed by atoms with Crippen molar-refractivity contribution in [3.8, 4) is 0 Å². The lowest BCUT2D eigenvalue weighted by Crippen LogP contribution is -2.13. The highest BCUT2D eigenvalue weighted by molar-refractivity contribution is 7.98. The molecule has 0 saturated carbocycles. The van der Waals surface area contributed by atoms with Crippen LogP contribution in [-0.2, 0) is 6.54 Å². The van der Waals surface area contributed by atoms with Crippen molar-refractivity contribution in [1.29, 1.82) is 0 Å². The molecule has 2 heterocycles. The number of thiazole rings is 1. The number of hydrogen-bond acceptors (Lipinski definition) is 5. The predicted octanol–water partition coefficient (Wildman–Crippen LogP) is 3.49. The van der Waals surface area contributed by atoms with E-state index >= 15 is 0 Å². The zero-order valence-corrected chi connectivity index (χ0v) is 13.3. The number of carbonyl (C=O) groups is 1. The highest BCUT2D eigenvalue weighted by atomic mass is 32.2. The van der Waals surface area contributed by atoms with E-state index in [-0.39, 0.29) is 5.91 Å². The quantitative estimate of drug-likeness (QED) is 0.748. The molecular formula is C14H14N4OS2. The monoisotopic (exact) mass is 318 g/mol. The highest BCUT2D eigenvalue weighted by Gasteiger charge is 2.13. The second kappa shape index (κ2) is 5.87. The Balaban J connectivity index is 1.86. The van der Waals surface area contributed by atoms with Crippen molar-refractivity contribution in [3.05, 3.63) is 36.2 Å². The Morgan fingerprint density at radius 3 is 3.00 bits per heavy atom. The highest BCUT2D eigenvalue weighted by Crippen LogP contribution is 2.32. The first-order chi connectivity index (χ1) is 10.2. The van der Waals surface area contributed by atoms with Crippen LogP contribution in [0.4, 0.5) is 5.13 Å². The molecule has 7 heteroatoms. The normalized spacial score (nSPS) is 11.0. The largest absolute Gasteiger partial charge is 0.296 e. The fraction of sp³-hybridized carbons (Fsp3) is 0.214. The predicted molar refractivity (Wildman–Crippen MR) is 87.3 cm³/mol. The molecule has 5 nitrogen and oxygen atoms in total. The van der Waals surface area contributed by atoms with Gasteiger partial charge in [0.2, 0.25) is 0 Å². The summed E-state index contributed by atoms with van der Waals surface area (Å²) in [6, 6.07) is 7.75. The molecule has 0 unspecified atom stereocenters. The van der Waals surface area contributed by atoms with Crippen molar-refractivity contribution in [2.75, 3.05) is 11.6 Å². The molecule has 108 valence electrons. The molecule has 0 saturated heterocycles. The number of thioether (sulfide) groups is 1. The molecule has 0 aliphatic heterocycles. The fourth-order valence-electron chi connectivity index (χ4n) is 1.96. The van der Waals surface area contributed by atoms with E-state index in [4.69, 9.17) is 0 Å². The number of para-hydroxylation sites is 1. The van der Waals surface area contributed by atoms with E-state index in [0.29, 0.717) is 10.8 Å². The molecule has 0 fully saturated rings. The number of nitrogens with one attached hydrogen (secondary N) is 1. The van der Waals surface area contributed by atoms with Crippen LogP contribution in [0.5, 0.6) is 0 Å². The van der Waals surface area contributed by atoms with Gasteiger partial charge in [-0.25, -0.2) is 4.98 Å². The van der Waals surface area contributed by atoms with Crippen LogP contribution in [0.1, 0.15) is 17.4 Å². The van der Waals surface area contributed by atoms with Gasteiger partial charge in [-0.05, 0) is 31.4 Å². The average Bonchev–Trinajstić information content (AvgIpc) is 3.12. The zero-order valence-electron chi connectivity index (χ0n) is 11.7. The third-order valence-corrected chi connectivity index (χ3v) is 4.72. The lowest BCUT2D eigenvalue weighted by Gasteiger charge is -1.98. The summed E-state index contributed by atoms with van der Waals surface area (Å²) < 4.78 is 2.79. The smallest absolute Gasteiger partial charge is 0.277 e. The summed E-state index contributed by atoms with van der Waals surface area (Å²) in [5, 5.41) is 7.61. The van der Waals surface area contributed by atoms with Gasteiger partial charge in [0.1, 0.15) is 0 Å². The van der Waals surface area contributed by atoms with E-state index in [0.717, 1.165) is 21.7 Å². The van der Waals surface area contributed by atoms with Crippen LogP contribution in [0, 0.1) is 0 Å². The number of fused-ring (bicyclic) bond motifs is 1. The van der Waals surface area contributed by atoms with Crippen molar-refractivity contribution in [1.82, 2.24) is 14.8 Å². The Kier molecular flexibility index (Phi) is 3.94. The number of amides is 1. The number of aromatic nitrogens is 3. The first-order valence-corrected chi connectivity index (χ1v) is 8.53. The molecular weight excluding hydrogens is 304 g/mol. The van der Waals surface area contributed by atoms with Gasteiger partial charge in [-0.1, -0.05) is 17.4 Å². The standard InChI is InChI=1S/C14H14N4OS2/c1-3-18-8-7-9(17-18)13(19)16-14-15-12-10(20-2)5-4-6-11(12)21-14/h4-8H,3H2,1-2H3,(H,15,16,19). The minimum atomic E-state index is -0.230. The third-order valence-electron chi connectivity index (χ3n) is 3.02. The van der Waals surface area contributed by atoms with E-state index < -0.39 is 0 Å². The summed E-state index contributed by atoms with van der Waals surface area (Å²) in [5.41, 5.74) is 1.34. The molecule has 0 radical (unpaired) electrons. The van der Waals surface area contributed by atoms with E-state index in [2.05, 4.69) is 15.4 Å². The second-order valence-electron chi connectivity index (χ2n) is 4.34. The van der Waals surface area contributed by atoms with Crippen LogP contribution in [0.25, 0.3) is 10.2 Å². The zero-order chi connectivity index (χ0) is 14.8. The molecule has 21 heavy (non-hydrogen) atoms. The number of hydrogen-bond donors (Lipinski definition) is 1. The number of anilines is 1. The van der Waals surface area contributed by atoms with E-state index in [1.54, 1.807) is 28.7 Å². The summed E-state index contributed by atoms with van der Waals surface area (Å²) in [7, 11) is 0. The van der Waals surface area contributed by atoms with E-state index in [1.165, 1.54) is 11.3 Å². The van der Waals surface area contributed by atoms with Gasteiger partial charge < -0.3 is 0 Å². The Morgan fingerprint density at radius 2 is 2.29 bits per heavy atom. The van der Waals surface area contributed by atoms with Gasteiger partial charge in [-0.2, -0.15) is 5.10 Å². The van der Waals surface area contributed by atoms with Gasteiger partial charge in [0.15, 0.2) is 10.8 Å². The maximum absolute atomic E-state index is 12.1. The topological polar surface area (TPSA) is 59.8 Å². The van der Waals surface area contributed by atoms with Crippen molar-refractivity contribution >= 4 is 44.4 Å². The molecule has 0 spiro atoms. The summed E-state index contributed by atoms with van der Waals surface area (Å²) >= 11 is 3.12. The number of aryl methyl sites for hydroxylation is 1. The summed E-state index contributed by atoms with van der Waals surface area (Å²) in [5.74, 6) is -0.230. The van der Waals surface area contributed by atoms with Crippen LogP contribution in [-0.4, -0.2) is 26.9 Å². The number of carbonyl (C=O) groups excluding carboxylic acids is 1. The number of nitrogens with zero attached hydrogens (tertiary/aromatic N) is 3. The van der Waals surface area contributed by atoms with E-state index in [1.807, 2.05) is 31.4 Å². The minimum absolute atomic E-state index is 0.230. The molecule has 0 atom stereocenters. The molecule has 1 amide bonds. The first kappa shape index (κ1) is 14.1. The molecule has 0 aliphatic carbocycles. The van der Waals surface area contributed by atoms with Crippen LogP contribution < -0.4 is 5.32 Å². The van der Waals surface area contributed by atoms with Gasteiger partial charge in [-0.15, -0.1) is 11.8 Å². The summed E-state index contributed by atoms with van der Waals surface area (Å²) in [6.07, 6.45) is 3.81. The number of rotatable bonds is 4. The Bertz CT molecular complexity index is 793. The second-order valence-corrected chi connectivity index (χ2v) is 6.22. The van der Waals surface area contributed by atoms with E-state index in [9.17, 15) is 4.79 Å². The van der Waals surface area contributed by atoms with Crippen molar-refractivity contribution in [2.24, 2.45) is 0 Å². The molecule has 0 bridgehead atoms. The molecule has 1 N–H and O–H groups in total. The Labute approximate surface area is 130 Å². The average molecular weight is 318 g/mol. The van der Waals surface area contributed by atoms with Crippen molar-refractivity contribution in [2.45, 2.75) is 18.4 Å². The van der Waals surface area contributed by atoms with Crippen LogP contribution in [0.3, 0.4) is 0 Å². The van der Waals surface area contributed by atoms with Gasteiger partial charge >= 0.3 is 0 Å². The van der Waals surface area contributed by atoms with Gasteiger partial charge in [0, 0.05) is 17.6 Å². The van der Waals surface area contributed by atoms with Gasteiger partial charge in [0.05, 0.1) is 10.2 Å². The van der Waals surface area contributed by atoms with Crippen LogP contribution in [0.2, 0.25) is 0 Å². The molecule has 3 rings (SSSR count). The SMILES string of the molecule is CCn1ccc(C(=O)Nc2nc3c(SC)cccc3s2)n1. The van der Waals surface area contributed by atoms with Crippen LogP contribution in [0.15, 0.2) is 35.4 Å². The molecule has 2 aromatic heterocycles. The Morgan fingerprint density at radius 1 is 1.43 bits per heavy atom. The van der Waals surface area contributed by atoms with Gasteiger partial charge in [0.25, 0.3) is 5.91 Å². The minimum Gasteiger partial charge on any atom is -0.296 e.